The molecule has 2 heterocycles. The van der Waals surface area contributed by atoms with Crippen LogP contribution in [0.5, 0.6) is 0 Å². The van der Waals surface area contributed by atoms with Gasteiger partial charge in [0, 0.05) is 0 Å². The monoisotopic (exact) mass is 389 g/mol. The molecule has 1 fully saturated rings. The molecule has 1 atom stereocenters. The van der Waals surface area contributed by atoms with E-state index in [1.807, 2.05) is 0 Å². The second-order valence-electron chi connectivity index (χ2n) is 6.01. The van der Waals surface area contributed by atoms with Crippen molar-refractivity contribution in [3.8, 4) is 0 Å². The molecule has 2 N–H and O–H groups in total. The van der Waals surface area contributed by atoms with E-state index in [-0.39, 0.29) is 18.8 Å². The highest BCUT2D eigenvalue weighted by atomic mass is 16.6. The topological polar surface area (TPSA) is 123 Å². The van der Waals surface area contributed by atoms with Crippen molar-refractivity contribution in [2.45, 2.75) is 18.9 Å². The number of esters is 1. The summed E-state index contributed by atoms with van der Waals surface area (Å²) >= 11 is 0. The average Bonchev–Trinajstić information content (AvgIpc) is 2.98. The number of hydrogen-bond acceptors (Lipinski definition) is 7. The van der Waals surface area contributed by atoms with Crippen molar-refractivity contribution in [2.75, 3.05) is 19.8 Å². The summed E-state index contributed by atoms with van der Waals surface area (Å²) < 4.78 is 14.8. The lowest BCUT2D eigenvalue weighted by molar-refractivity contribution is -0.151. The third-order valence-corrected chi connectivity index (χ3v) is 4.31. The number of nitrogens with zero attached hydrogens (tertiary/aromatic N) is 1. The van der Waals surface area contributed by atoms with Crippen LogP contribution in [0.15, 0.2) is 42.4 Å². The molecule has 0 aliphatic carbocycles. The maximum atomic E-state index is 12.9. The van der Waals surface area contributed by atoms with E-state index < -0.39 is 36.0 Å². The second-order valence-corrected chi connectivity index (χ2v) is 6.01. The molecule has 0 aromatic heterocycles. The summed E-state index contributed by atoms with van der Waals surface area (Å²) in [7, 11) is 0. The van der Waals surface area contributed by atoms with E-state index in [0.29, 0.717) is 17.2 Å². The average molecular weight is 389 g/mol. The molecule has 2 aliphatic heterocycles. The molecule has 0 spiro atoms. The molecule has 1 aromatic carbocycles. The molecule has 10 nitrogen and oxygen atoms in total. The molecule has 2 aliphatic rings. The molecule has 28 heavy (non-hydrogen) atoms. The summed E-state index contributed by atoms with van der Waals surface area (Å²) in [5.74, 6) is -2.53. The minimum atomic E-state index is -1.28. The third-order valence-electron chi connectivity index (χ3n) is 4.31. The van der Waals surface area contributed by atoms with Gasteiger partial charge in [-0.2, -0.15) is 5.01 Å². The van der Waals surface area contributed by atoms with Gasteiger partial charge in [0.25, 0.3) is 11.8 Å². The number of carbonyl (C=O) groups excluding carboxylic acids is 4. The zero-order valence-electron chi connectivity index (χ0n) is 15.1. The minimum absolute atomic E-state index is 0.164. The molecule has 0 bridgehead atoms. The van der Waals surface area contributed by atoms with Crippen LogP contribution in [0.25, 0.3) is 0 Å². The van der Waals surface area contributed by atoms with Gasteiger partial charge in [-0.3, -0.25) is 15.0 Å². The Morgan fingerprint density at radius 1 is 1.25 bits per heavy atom. The molecule has 10 heteroatoms. The Balaban J connectivity index is 1.63. The van der Waals surface area contributed by atoms with Crippen LogP contribution in [0.1, 0.15) is 18.9 Å². The van der Waals surface area contributed by atoms with Gasteiger partial charge in [0.2, 0.25) is 5.76 Å². The maximum Gasteiger partial charge on any atom is 0.377 e. The molecule has 148 valence electrons. The van der Waals surface area contributed by atoms with Gasteiger partial charge in [-0.05, 0) is 12.0 Å². The van der Waals surface area contributed by atoms with Gasteiger partial charge in [-0.1, -0.05) is 37.3 Å². The van der Waals surface area contributed by atoms with E-state index in [1.54, 1.807) is 37.3 Å². The largest absolute Gasteiger partial charge is 0.493 e. The van der Waals surface area contributed by atoms with Crippen molar-refractivity contribution in [1.29, 1.82) is 0 Å². The van der Waals surface area contributed by atoms with E-state index in [2.05, 4.69) is 10.7 Å². The number of hydrogen-bond donors (Lipinski definition) is 2. The Labute approximate surface area is 160 Å². The fourth-order valence-electron chi connectivity index (χ4n) is 2.87. The Morgan fingerprint density at radius 2 is 2.00 bits per heavy atom. The normalized spacial score (nSPS) is 21.2. The molecule has 1 saturated heterocycles. The Morgan fingerprint density at radius 3 is 2.64 bits per heavy atom. The van der Waals surface area contributed by atoms with Gasteiger partial charge in [0.15, 0.2) is 6.61 Å². The quantitative estimate of drug-likeness (QED) is 0.530. The zero-order valence-corrected chi connectivity index (χ0v) is 15.1. The minimum Gasteiger partial charge on any atom is -0.493 e. The van der Waals surface area contributed by atoms with Gasteiger partial charge < -0.3 is 19.5 Å². The van der Waals surface area contributed by atoms with Gasteiger partial charge in [0.1, 0.15) is 25.0 Å². The number of rotatable bonds is 6. The van der Waals surface area contributed by atoms with Crippen LogP contribution < -0.4 is 10.7 Å². The van der Waals surface area contributed by atoms with E-state index in [9.17, 15) is 19.2 Å². The molecular formula is C18H19N3O7. The maximum absolute atomic E-state index is 12.9. The van der Waals surface area contributed by atoms with Crippen LogP contribution in [-0.2, 0) is 34.1 Å². The number of hydrazine groups is 1. The van der Waals surface area contributed by atoms with Crippen LogP contribution in [0.2, 0.25) is 0 Å². The van der Waals surface area contributed by atoms with Crippen LogP contribution in [-0.4, -0.2) is 48.6 Å². The second kappa shape index (κ2) is 7.99. The first-order valence-corrected chi connectivity index (χ1v) is 8.61. The molecular weight excluding hydrogens is 370 g/mol. The molecule has 1 aromatic rings. The smallest absolute Gasteiger partial charge is 0.377 e. The standard InChI is InChI=1S/C18H19N3O7/c1-2-18(12-6-4-3-5-7-12)16(24)21(17(25)19-18)20-14(22)11-28-15(23)13-10-26-8-9-27-13/h3-7,10H,2,8-9,11H2,1H3,(H,19,25)(H,20,22)/t18-/m1/s1. The summed E-state index contributed by atoms with van der Waals surface area (Å²) in [4.78, 5) is 49.0. The first kappa shape index (κ1) is 19.2. The van der Waals surface area contributed by atoms with Gasteiger partial charge in [-0.15, -0.1) is 0 Å². The summed E-state index contributed by atoms with van der Waals surface area (Å²) in [6.45, 7) is 1.54. The Kier molecular flexibility index (Phi) is 5.48. The van der Waals surface area contributed by atoms with Crippen molar-refractivity contribution in [1.82, 2.24) is 15.8 Å². The van der Waals surface area contributed by atoms with E-state index >= 15 is 0 Å². The first-order chi connectivity index (χ1) is 13.5. The van der Waals surface area contributed by atoms with Crippen LogP contribution in [0.4, 0.5) is 4.79 Å². The lowest BCUT2D eigenvalue weighted by atomic mass is 9.87. The zero-order chi connectivity index (χ0) is 20.1. The number of imide groups is 1. The van der Waals surface area contributed by atoms with Crippen LogP contribution in [0, 0.1) is 0 Å². The van der Waals surface area contributed by atoms with Crippen molar-refractivity contribution in [3.05, 3.63) is 47.9 Å². The number of urea groups is 1. The fourth-order valence-corrected chi connectivity index (χ4v) is 2.87. The van der Waals surface area contributed by atoms with Crippen molar-refractivity contribution >= 4 is 23.8 Å². The first-order valence-electron chi connectivity index (χ1n) is 8.61. The summed E-state index contributed by atoms with van der Waals surface area (Å²) in [5.41, 5.74) is 1.48. The predicted molar refractivity (Wildman–Crippen MR) is 92.9 cm³/mol. The predicted octanol–water partition coefficient (Wildman–Crippen LogP) is 0.306. The molecule has 3 rings (SSSR count). The summed E-state index contributed by atoms with van der Waals surface area (Å²) in [5, 5.41) is 3.21. The van der Waals surface area contributed by atoms with Gasteiger partial charge >= 0.3 is 12.0 Å². The number of carbonyl (C=O) groups is 4. The highest BCUT2D eigenvalue weighted by Crippen LogP contribution is 2.31. The molecule has 0 saturated carbocycles. The van der Waals surface area contributed by atoms with Crippen LogP contribution >= 0.6 is 0 Å². The van der Waals surface area contributed by atoms with E-state index in [4.69, 9.17) is 14.2 Å². The van der Waals surface area contributed by atoms with Crippen molar-refractivity contribution < 1.29 is 33.4 Å². The summed E-state index contributed by atoms with van der Waals surface area (Å²) in [6.07, 6.45) is 1.38. The van der Waals surface area contributed by atoms with Gasteiger partial charge in [0.05, 0.1) is 0 Å². The summed E-state index contributed by atoms with van der Waals surface area (Å²) in [6, 6.07) is 7.95. The molecule has 0 unspecified atom stereocenters. The van der Waals surface area contributed by atoms with E-state index in [1.165, 1.54) is 0 Å². The highest BCUT2D eigenvalue weighted by molar-refractivity contribution is 6.08. The number of nitrogens with one attached hydrogen (secondary N) is 2. The SMILES string of the molecule is CC[C@]1(c2ccccc2)NC(=O)N(NC(=O)COC(=O)C2=COCCO2)C1=O. The van der Waals surface area contributed by atoms with Crippen molar-refractivity contribution in [3.63, 3.8) is 0 Å². The fraction of sp³-hybridized carbons (Fsp3) is 0.333. The van der Waals surface area contributed by atoms with Crippen molar-refractivity contribution in [2.24, 2.45) is 0 Å². The van der Waals surface area contributed by atoms with E-state index in [0.717, 1.165) is 6.26 Å². The van der Waals surface area contributed by atoms with Gasteiger partial charge in [-0.25, -0.2) is 9.59 Å². The third kappa shape index (κ3) is 3.61. The van der Waals surface area contributed by atoms with Crippen LogP contribution in [0.3, 0.4) is 0 Å². The lowest BCUT2D eigenvalue weighted by Gasteiger charge is -2.25. The number of amides is 4. The Hall–Kier alpha value is -3.56. The lowest BCUT2D eigenvalue weighted by Crippen LogP contribution is -2.49. The number of benzene rings is 1. The highest BCUT2D eigenvalue weighted by Gasteiger charge is 2.52. The Bertz CT molecular complexity index is 824. The molecule has 4 amide bonds. The number of ether oxygens (including phenoxy) is 3. The molecule has 0 radical (unpaired) electrons.